The van der Waals surface area contributed by atoms with Crippen LogP contribution in [0.5, 0.6) is 0 Å². The molecule has 0 bridgehead atoms. The zero-order chi connectivity index (χ0) is 10.8. The fourth-order valence-electron chi connectivity index (χ4n) is 1.74. The van der Waals surface area contributed by atoms with Gasteiger partial charge in [0.2, 0.25) is 5.95 Å². The van der Waals surface area contributed by atoms with Crippen molar-refractivity contribution in [3.05, 3.63) is 11.4 Å². The summed E-state index contributed by atoms with van der Waals surface area (Å²) in [7, 11) is 0. The first-order valence-corrected chi connectivity index (χ1v) is 5.24. The predicted octanol–water partition coefficient (Wildman–Crippen LogP) is 0.307. The second kappa shape index (κ2) is 4.10. The van der Waals surface area contributed by atoms with Crippen LogP contribution in [-0.4, -0.2) is 40.0 Å². The number of hydrogen-bond acceptors (Lipinski definition) is 5. The Hall–Kier alpha value is -1.23. The molecule has 2 heterocycles. The molecule has 0 radical (unpaired) electrons. The summed E-state index contributed by atoms with van der Waals surface area (Å²) >= 11 is 0. The van der Waals surface area contributed by atoms with E-state index in [1.165, 1.54) is 0 Å². The predicted molar refractivity (Wildman–Crippen MR) is 56.7 cm³/mol. The van der Waals surface area contributed by atoms with Crippen LogP contribution in [0.1, 0.15) is 17.8 Å². The molecule has 0 aliphatic carbocycles. The van der Waals surface area contributed by atoms with E-state index in [9.17, 15) is 0 Å². The van der Waals surface area contributed by atoms with Crippen LogP contribution in [0, 0.1) is 19.8 Å². The third-order valence-electron chi connectivity index (χ3n) is 2.91. The molecule has 0 saturated carbocycles. The summed E-state index contributed by atoms with van der Waals surface area (Å²) in [5, 5.41) is 17.2. The SMILES string of the molecule is Cc1nnc(N2CCC(CO)C2)nc1C. The highest BCUT2D eigenvalue weighted by molar-refractivity contribution is 5.31. The van der Waals surface area contributed by atoms with Crippen molar-refractivity contribution in [2.75, 3.05) is 24.6 Å². The third-order valence-corrected chi connectivity index (χ3v) is 2.91. The van der Waals surface area contributed by atoms with E-state index in [2.05, 4.69) is 20.1 Å². The van der Waals surface area contributed by atoms with Gasteiger partial charge in [0.05, 0.1) is 11.4 Å². The highest BCUT2D eigenvalue weighted by atomic mass is 16.3. The van der Waals surface area contributed by atoms with E-state index in [1.807, 2.05) is 13.8 Å². The average Bonchev–Trinajstić information content (AvgIpc) is 2.70. The molecule has 1 N–H and O–H groups in total. The van der Waals surface area contributed by atoms with Crippen LogP contribution in [0.4, 0.5) is 5.95 Å². The largest absolute Gasteiger partial charge is 0.396 e. The van der Waals surface area contributed by atoms with Crippen LogP contribution in [0.15, 0.2) is 0 Å². The lowest BCUT2D eigenvalue weighted by Crippen LogP contribution is -2.23. The van der Waals surface area contributed by atoms with Crippen molar-refractivity contribution in [1.29, 1.82) is 0 Å². The van der Waals surface area contributed by atoms with Gasteiger partial charge in [-0.15, -0.1) is 5.10 Å². The Morgan fingerprint density at radius 2 is 2.13 bits per heavy atom. The van der Waals surface area contributed by atoms with Gasteiger partial charge in [0.1, 0.15) is 0 Å². The van der Waals surface area contributed by atoms with Crippen molar-refractivity contribution in [3.63, 3.8) is 0 Å². The number of aromatic nitrogens is 3. The monoisotopic (exact) mass is 208 g/mol. The first kappa shape index (κ1) is 10.3. The third kappa shape index (κ3) is 2.07. The molecule has 2 rings (SSSR count). The molecule has 5 nitrogen and oxygen atoms in total. The van der Waals surface area contributed by atoms with Crippen LogP contribution in [0.2, 0.25) is 0 Å². The van der Waals surface area contributed by atoms with E-state index >= 15 is 0 Å². The maximum absolute atomic E-state index is 9.05. The Morgan fingerprint density at radius 3 is 2.73 bits per heavy atom. The topological polar surface area (TPSA) is 62.1 Å². The summed E-state index contributed by atoms with van der Waals surface area (Å²) in [5.74, 6) is 1.05. The molecular formula is C10H16N4O. The van der Waals surface area contributed by atoms with Crippen LogP contribution >= 0.6 is 0 Å². The fraction of sp³-hybridized carbons (Fsp3) is 0.700. The van der Waals surface area contributed by atoms with E-state index in [4.69, 9.17) is 5.11 Å². The maximum Gasteiger partial charge on any atom is 0.245 e. The maximum atomic E-state index is 9.05. The number of anilines is 1. The molecule has 1 unspecified atom stereocenters. The van der Waals surface area contributed by atoms with Gasteiger partial charge in [-0.2, -0.15) is 5.10 Å². The molecular weight excluding hydrogens is 192 g/mol. The molecule has 0 amide bonds. The fourth-order valence-corrected chi connectivity index (χ4v) is 1.74. The summed E-state index contributed by atoms with van der Waals surface area (Å²) in [6.45, 7) is 5.83. The van der Waals surface area contributed by atoms with E-state index < -0.39 is 0 Å². The molecule has 1 fully saturated rings. The number of aryl methyl sites for hydroxylation is 2. The van der Waals surface area contributed by atoms with Crippen molar-refractivity contribution in [3.8, 4) is 0 Å². The van der Waals surface area contributed by atoms with E-state index in [1.54, 1.807) is 0 Å². The number of nitrogens with zero attached hydrogens (tertiary/aromatic N) is 4. The molecule has 1 aliphatic rings. The van der Waals surface area contributed by atoms with Crippen LogP contribution in [0.3, 0.4) is 0 Å². The minimum absolute atomic E-state index is 0.245. The first-order chi connectivity index (χ1) is 7.20. The van der Waals surface area contributed by atoms with Gasteiger partial charge in [0, 0.05) is 25.6 Å². The molecule has 1 aromatic heterocycles. The molecule has 82 valence electrons. The van der Waals surface area contributed by atoms with Crippen LogP contribution < -0.4 is 4.90 Å². The summed E-state index contributed by atoms with van der Waals surface area (Å²) < 4.78 is 0. The number of aliphatic hydroxyl groups excluding tert-OH is 1. The van der Waals surface area contributed by atoms with Crippen LogP contribution in [-0.2, 0) is 0 Å². The molecule has 1 aromatic rings. The van der Waals surface area contributed by atoms with Crippen molar-refractivity contribution in [2.45, 2.75) is 20.3 Å². The Kier molecular flexibility index (Phi) is 2.81. The molecule has 0 spiro atoms. The lowest BCUT2D eigenvalue weighted by Gasteiger charge is -2.15. The molecule has 15 heavy (non-hydrogen) atoms. The standard InChI is InChI=1S/C10H16N4O/c1-7-8(2)12-13-10(11-7)14-4-3-9(5-14)6-15/h9,15H,3-6H2,1-2H3. The highest BCUT2D eigenvalue weighted by Gasteiger charge is 2.24. The van der Waals surface area contributed by atoms with E-state index in [0.717, 1.165) is 30.9 Å². The van der Waals surface area contributed by atoms with Crippen LogP contribution in [0.25, 0.3) is 0 Å². The van der Waals surface area contributed by atoms with E-state index in [-0.39, 0.29) is 6.61 Å². The van der Waals surface area contributed by atoms with Gasteiger partial charge < -0.3 is 10.0 Å². The lowest BCUT2D eigenvalue weighted by molar-refractivity contribution is 0.238. The smallest absolute Gasteiger partial charge is 0.245 e. The summed E-state index contributed by atoms with van der Waals surface area (Å²) in [6.07, 6.45) is 1.01. The Balaban J connectivity index is 2.13. The molecule has 1 aliphatic heterocycles. The van der Waals surface area contributed by atoms with Gasteiger partial charge in [-0.1, -0.05) is 0 Å². The van der Waals surface area contributed by atoms with Gasteiger partial charge in [0.15, 0.2) is 0 Å². The van der Waals surface area contributed by atoms with Crippen molar-refractivity contribution < 1.29 is 5.11 Å². The quantitative estimate of drug-likeness (QED) is 0.757. The molecule has 0 aromatic carbocycles. The van der Waals surface area contributed by atoms with Gasteiger partial charge in [-0.05, 0) is 20.3 Å². The van der Waals surface area contributed by atoms with Gasteiger partial charge in [0.25, 0.3) is 0 Å². The normalized spacial score (nSPS) is 21.0. The van der Waals surface area contributed by atoms with Gasteiger partial charge in [-0.3, -0.25) is 0 Å². The summed E-state index contributed by atoms with van der Waals surface area (Å²) in [4.78, 5) is 6.48. The van der Waals surface area contributed by atoms with Gasteiger partial charge in [-0.25, -0.2) is 4.98 Å². The van der Waals surface area contributed by atoms with E-state index in [0.29, 0.717) is 11.9 Å². The number of aliphatic hydroxyl groups is 1. The minimum atomic E-state index is 0.245. The number of rotatable bonds is 2. The highest BCUT2D eigenvalue weighted by Crippen LogP contribution is 2.19. The minimum Gasteiger partial charge on any atom is -0.396 e. The first-order valence-electron chi connectivity index (χ1n) is 5.24. The zero-order valence-electron chi connectivity index (χ0n) is 9.14. The Bertz CT molecular complexity index is 355. The molecule has 1 saturated heterocycles. The summed E-state index contributed by atoms with van der Waals surface area (Å²) in [6, 6.07) is 0. The average molecular weight is 208 g/mol. The summed E-state index contributed by atoms with van der Waals surface area (Å²) in [5.41, 5.74) is 1.80. The Labute approximate surface area is 89.2 Å². The van der Waals surface area contributed by atoms with Crippen molar-refractivity contribution in [1.82, 2.24) is 15.2 Å². The van der Waals surface area contributed by atoms with Crippen molar-refractivity contribution in [2.24, 2.45) is 5.92 Å². The second-order valence-corrected chi connectivity index (χ2v) is 4.07. The van der Waals surface area contributed by atoms with Gasteiger partial charge >= 0.3 is 0 Å². The Morgan fingerprint density at radius 1 is 1.33 bits per heavy atom. The zero-order valence-corrected chi connectivity index (χ0v) is 9.14. The second-order valence-electron chi connectivity index (χ2n) is 4.07. The lowest BCUT2D eigenvalue weighted by atomic mass is 10.1. The number of hydrogen-bond donors (Lipinski definition) is 1. The molecule has 5 heteroatoms. The van der Waals surface area contributed by atoms with Crippen molar-refractivity contribution >= 4 is 5.95 Å². The molecule has 1 atom stereocenters.